The second kappa shape index (κ2) is 10.5. The summed E-state index contributed by atoms with van der Waals surface area (Å²) < 4.78 is 5.31. The quantitative estimate of drug-likeness (QED) is 0.570. The summed E-state index contributed by atoms with van der Waals surface area (Å²) in [5, 5.41) is 10.0. The molecule has 0 amide bonds. The summed E-state index contributed by atoms with van der Waals surface area (Å²) in [5.74, 6) is 1.09. The molecule has 1 N–H and O–H groups in total. The zero-order chi connectivity index (χ0) is 16.4. The summed E-state index contributed by atoms with van der Waals surface area (Å²) in [6, 6.07) is 1.61. The summed E-state index contributed by atoms with van der Waals surface area (Å²) in [6.07, 6.45) is 11.1. The smallest absolute Gasteiger partial charge is 0.342 e. The van der Waals surface area contributed by atoms with Gasteiger partial charge in [0.1, 0.15) is 11.5 Å². The van der Waals surface area contributed by atoms with Gasteiger partial charge in [-0.25, -0.2) is 4.79 Å². The Kier molecular flexibility index (Phi) is 8.95. The van der Waals surface area contributed by atoms with E-state index in [1.807, 2.05) is 0 Å². The molecule has 0 saturated carbocycles. The Morgan fingerprint density at radius 1 is 1.05 bits per heavy atom. The molecule has 0 aliphatic rings. The maximum atomic E-state index is 12.0. The van der Waals surface area contributed by atoms with Crippen LogP contribution in [0.25, 0.3) is 0 Å². The molecule has 0 unspecified atom stereocenters. The molecule has 0 radical (unpaired) electrons. The Hall–Kier alpha value is -1.25. The highest BCUT2D eigenvalue weighted by molar-refractivity contribution is 5.30. The van der Waals surface area contributed by atoms with E-state index in [0.29, 0.717) is 30.1 Å². The first-order valence-corrected chi connectivity index (χ1v) is 8.89. The van der Waals surface area contributed by atoms with Crippen LogP contribution in [0.4, 0.5) is 0 Å². The van der Waals surface area contributed by atoms with Crippen molar-refractivity contribution in [2.45, 2.75) is 85.0 Å². The van der Waals surface area contributed by atoms with Gasteiger partial charge in [0.15, 0.2) is 0 Å². The van der Waals surface area contributed by atoms with Gasteiger partial charge in [-0.15, -0.1) is 0 Å². The largest absolute Gasteiger partial charge is 0.507 e. The minimum atomic E-state index is -0.362. The van der Waals surface area contributed by atoms with Crippen LogP contribution in [0.3, 0.4) is 0 Å². The predicted octanol–water partition coefficient (Wildman–Crippen LogP) is 5.23. The van der Waals surface area contributed by atoms with Gasteiger partial charge in [-0.3, -0.25) is 0 Å². The molecule has 0 spiro atoms. The van der Waals surface area contributed by atoms with E-state index in [-0.39, 0.29) is 11.4 Å². The fraction of sp³-hybridized carbons (Fsp3) is 0.737. The molecule has 1 aromatic heterocycles. The summed E-state index contributed by atoms with van der Waals surface area (Å²) in [5.41, 5.74) is 0.0806. The van der Waals surface area contributed by atoms with Crippen molar-refractivity contribution in [2.75, 3.05) is 0 Å². The van der Waals surface area contributed by atoms with Crippen LogP contribution in [0.15, 0.2) is 15.3 Å². The molecule has 22 heavy (non-hydrogen) atoms. The molecule has 1 rings (SSSR count). The van der Waals surface area contributed by atoms with Gasteiger partial charge < -0.3 is 9.52 Å². The van der Waals surface area contributed by atoms with Gasteiger partial charge in [0.05, 0.1) is 5.56 Å². The lowest BCUT2D eigenvalue weighted by molar-refractivity contribution is 0.397. The van der Waals surface area contributed by atoms with Gasteiger partial charge in [0.2, 0.25) is 0 Å². The van der Waals surface area contributed by atoms with Crippen LogP contribution in [-0.4, -0.2) is 5.11 Å². The molecule has 0 saturated heterocycles. The van der Waals surface area contributed by atoms with Gasteiger partial charge in [-0.1, -0.05) is 65.7 Å². The maximum Gasteiger partial charge on any atom is 0.342 e. The van der Waals surface area contributed by atoms with Crippen molar-refractivity contribution in [3.05, 3.63) is 27.8 Å². The zero-order valence-electron chi connectivity index (χ0n) is 14.5. The van der Waals surface area contributed by atoms with Gasteiger partial charge in [0.25, 0.3) is 0 Å². The van der Waals surface area contributed by atoms with E-state index < -0.39 is 0 Å². The average Bonchev–Trinajstić information content (AvgIpc) is 2.43. The normalized spacial score (nSPS) is 11.3. The van der Waals surface area contributed by atoms with E-state index >= 15 is 0 Å². The van der Waals surface area contributed by atoms with Crippen LogP contribution in [0.5, 0.6) is 5.75 Å². The lowest BCUT2D eigenvalue weighted by Crippen LogP contribution is -2.10. The SMILES string of the molecule is CCCCCCCCCCc1c(O)cc(CC(C)C)oc1=O. The summed E-state index contributed by atoms with van der Waals surface area (Å²) in [6.45, 7) is 6.35. The molecule has 1 aromatic rings. The van der Waals surface area contributed by atoms with Gasteiger partial charge in [-0.05, 0) is 18.8 Å². The first-order valence-electron chi connectivity index (χ1n) is 8.89. The Bertz CT molecular complexity index is 474. The molecule has 0 atom stereocenters. The maximum absolute atomic E-state index is 12.0. The number of hydrogen-bond acceptors (Lipinski definition) is 3. The van der Waals surface area contributed by atoms with Crippen LogP contribution in [0, 0.1) is 5.92 Å². The average molecular weight is 308 g/mol. The lowest BCUT2D eigenvalue weighted by Gasteiger charge is -2.07. The molecule has 3 heteroatoms. The number of rotatable bonds is 11. The third-order valence-corrected chi connectivity index (χ3v) is 3.97. The van der Waals surface area contributed by atoms with Crippen molar-refractivity contribution in [3.8, 4) is 5.75 Å². The molecule has 126 valence electrons. The fourth-order valence-electron chi connectivity index (χ4n) is 2.72. The second-order valence-electron chi connectivity index (χ2n) is 6.69. The van der Waals surface area contributed by atoms with E-state index in [2.05, 4.69) is 20.8 Å². The van der Waals surface area contributed by atoms with E-state index in [1.54, 1.807) is 6.07 Å². The van der Waals surface area contributed by atoms with E-state index in [1.165, 1.54) is 38.5 Å². The molecule has 0 aliphatic heterocycles. The zero-order valence-corrected chi connectivity index (χ0v) is 14.5. The van der Waals surface area contributed by atoms with E-state index in [4.69, 9.17) is 4.42 Å². The second-order valence-corrected chi connectivity index (χ2v) is 6.69. The molecule has 0 aromatic carbocycles. The summed E-state index contributed by atoms with van der Waals surface area (Å²) in [7, 11) is 0. The van der Waals surface area contributed by atoms with Crippen molar-refractivity contribution in [1.29, 1.82) is 0 Å². The van der Waals surface area contributed by atoms with Crippen LogP contribution < -0.4 is 5.63 Å². The molecular weight excluding hydrogens is 276 g/mol. The molecule has 3 nitrogen and oxygen atoms in total. The molecule has 1 heterocycles. The minimum absolute atomic E-state index is 0.106. The van der Waals surface area contributed by atoms with Gasteiger partial charge >= 0.3 is 5.63 Å². The standard InChI is InChI=1S/C19H32O3/c1-4-5-6-7-8-9-10-11-12-17-18(20)14-16(13-15(2)3)22-19(17)21/h14-15,20H,4-13H2,1-3H3. The Morgan fingerprint density at radius 3 is 2.18 bits per heavy atom. The van der Waals surface area contributed by atoms with Crippen LogP contribution in [0.2, 0.25) is 0 Å². The molecule has 0 fully saturated rings. The van der Waals surface area contributed by atoms with Crippen LogP contribution in [-0.2, 0) is 12.8 Å². The first kappa shape index (κ1) is 18.8. The highest BCUT2D eigenvalue weighted by atomic mass is 16.4. The summed E-state index contributed by atoms with van der Waals surface area (Å²) >= 11 is 0. The first-order chi connectivity index (χ1) is 10.5. The number of hydrogen-bond donors (Lipinski definition) is 1. The predicted molar refractivity (Wildman–Crippen MR) is 91.5 cm³/mol. The van der Waals surface area contributed by atoms with Crippen LogP contribution >= 0.6 is 0 Å². The molecule has 0 bridgehead atoms. The topological polar surface area (TPSA) is 50.4 Å². The Labute approximate surface area is 134 Å². The number of aromatic hydroxyl groups is 1. The highest BCUT2D eigenvalue weighted by Gasteiger charge is 2.11. The third kappa shape index (κ3) is 7.15. The van der Waals surface area contributed by atoms with E-state index in [0.717, 1.165) is 12.8 Å². The van der Waals surface area contributed by atoms with E-state index in [9.17, 15) is 9.90 Å². The van der Waals surface area contributed by atoms with Gasteiger partial charge in [-0.2, -0.15) is 0 Å². The van der Waals surface area contributed by atoms with Crippen molar-refractivity contribution >= 4 is 0 Å². The van der Waals surface area contributed by atoms with Crippen molar-refractivity contribution in [3.63, 3.8) is 0 Å². The summed E-state index contributed by atoms with van der Waals surface area (Å²) in [4.78, 5) is 12.0. The van der Waals surface area contributed by atoms with Gasteiger partial charge in [0, 0.05) is 12.5 Å². The van der Waals surface area contributed by atoms with Crippen molar-refractivity contribution in [1.82, 2.24) is 0 Å². The van der Waals surface area contributed by atoms with Crippen LogP contribution in [0.1, 0.15) is 83.5 Å². The monoisotopic (exact) mass is 308 g/mol. The van der Waals surface area contributed by atoms with Crippen molar-refractivity contribution < 1.29 is 9.52 Å². The number of unbranched alkanes of at least 4 members (excludes halogenated alkanes) is 7. The Morgan fingerprint density at radius 2 is 1.64 bits per heavy atom. The molecule has 0 aliphatic carbocycles. The fourth-order valence-corrected chi connectivity index (χ4v) is 2.72. The Balaban J connectivity index is 2.35. The minimum Gasteiger partial charge on any atom is -0.507 e. The highest BCUT2D eigenvalue weighted by Crippen LogP contribution is 2.19. The molecular formula is C19H32O3. The van der Waals surface area contributed by atoms with Crippen molar-refractivity contribution in [2.24, 2.45) is 5.92 Å². The lowest BCUT2D eigenvalue weighted by atomic mass is 10.0. The third-order valence-electron chi connectivity index (χ3n) is 3.97.